The van der Waals surface area contributed by atoms with E-state index in [4.69, 9.17) is 26.2 Å². The fourth-order valence-corrected chi connectivity index (χ4v) is 3.66. The molecule has 1 saturated heterocycles. The number of carboxylic acids is 2. The van der Waals surface area contributed by atoms with Crippen LogP contribution in [0.3, 0.4) is 0 Å². The van der Waals surface area contributed by atoms with Gasteiger partial charge in [0.05, 0.1) is 0 Å². The lowest BCUT2D eigenvalue weighted by Gasteiger charge is -2.35. The predicted molar refractivity (Wildman–Crippen MR) is 129 cm³/mol. The van der Waals surface area contributed by atoms with Crippen LogP contribution in [0.5, 0.6) is 0 Å². The number of aromatic nitrogens is 1. The second kappa shape index (κ2) is 11.1. The number of hydrogen-bond donors (Lipinski definition) is 2. The van der Waals surface area contributed by atoms with E-state index in [0.717, 1.165) is 55.4 Å². The van der Waals surface area contributed by atoms with Crippen LogP contribution in [0.25, 0.3) is 10.8 Å². The number of piperazine rings is 1. The first-order valence-electron chi connectivity index (χ1n) is 10.8. The maximum absolute atomic E-state index is 10.7. The first-order valence-corrected chi connectivity index (χ1v) is 10.8. The summed E-state index contributed by atoms with van der Waals surface area (Å²) in [7, 11) is 0. The molecule has 0 unspecified atom stereocenters. The second-order valence-electron chi connectivity index (χ2n) is 7.64. The summed E-state index contributed by atoms with van der Waals surface area (Å²) >= 11 is 0. The summed E-state index contributed by atoms with van der Waals surface area (Å²) in [6.07, 6.45) is 5.54. The van der Waals surface area contributed by atoms with Gasteiger partial charge >= 0.3 is 11.9 Å². The molecule has 1 aliphatic heterocycles. The average molecular weight is 460 g/mol. The number of aliphatic carboxylic acids is 2. The Hall–Kier alpha value is -4.22. The summed E-state index contributed by atoms with van der Waals surface area (Å²) in [6, 6.07) is 17.8. The number of fused-ring (bicyclic) bond motifs is 3. The molecule has 34 heavy (non-hydrogen) atoms. The molecule has 0 radical (unpaired) electrons. The molecule has 8 heteroatoms. The number of rotatable bonds is 2. The molecule has 1 fully saturated rings. The minimum Gasteiger partial charge on any atom is -0.473 e. The molecule has 1 aromatic heterocycles. The van der Waals surface area contributed by atoms with Gasteiger partial charge in [-0.2, -0.15) is 0 Å². The van der Waals surface area contributed by atoms with E-state index in [9.17, 15) is 4.79 Å². The Morgan fingerprint density at radius 2 is 1.59 bits per heavy atom. The van der Waals surface area contributed by atoms with Crippen molar-refractivity contribution < 1.29 is 24.6 Å². The maximum atomic E-state index is 10.7. The first-order chi connectivity index (χ1) is 16.3. The van der Waals surface area contributed by atoms with E-state index in [1.54, 1.807) is 0 Å². The molecule has 0 saturated carbocycles. The number of carboxylic acid groups (broad SMARTS) is 2. The smallest absolute Gasteiger partial charge is 0.414 e. The van der Waals surface area contributed by atoms with Crippen molar-refractivity contribution in [1.82, 2.24) is 9.88 Å². The van der Waals surface area contributed by atoms with Gasteiger partial charge in [-0.3, -0.25) is 4.79 Å². The number of carbonyl (C=O) groups excluding carboxylic acids is 1. The molecule has 2 heterocycles. The molecule has 3 aromatic rings. The summed E-state index contributed by atoms with van der Waals surface area (Å²) in [5, 5.41) is 17.1. The van der Waals surface area contributed by atoms with Crippen molar-refractivity contribution in [2.75, 3.05) is 37.6 Å². The molecular weight excluding hydrogens is 434 g/mol. The number of anilines is 1. The van der Waals surface area contributed by atoms with Crippen LogP contribution in [-0.4, -0.2) is 70.5 Å². The van der Waals surface area contributed by atoms with E-state index in [-0.39, 0.29) is 5.78 Å². The Morgan fingerprint density at radius 1 is 0.971 bits per heavy atom. The SMILES string of the molecule is C#Cc1cc2ccccc2c(N2CCN(CC)CC2)n1.O=C(O)C(=O)O.O=C1c2cccc1c2. The number of nitrogens with zero attached hydrogens (tertiary/aromatic N) is 3. The van der Waals surface area contributed by atoms with Gasteiger partial charge in [0.1, 0.15) is 11.5 Å². The van der Waals surface area contributed by atoms with Gasteiger partial charge < -0.3 is 20.0 Å². The Kier molecular flexibility index (Phi) is 7.96. The van der Waals surface area contributed by atoms with Crippen LogP contribution in [0.1, 0.15) is 28.5 Å². The predicted octanol–water partition coefficient (Wildman–Crippen LogP) is 2.74. The summed E-state index contributed by atoms with van der Waals surface area (Å²) < 4.78 is 0. The van der Waals surface area contributed by atoms with E-state index in [0.29, 0.717) is 0 Å². The van der Waals surface area contributed by atoms with Crippen LogP contribution in [0.2, 0.25) is 0 Å². The number of benzene rings is 2. The number of terminal acetylenes is 1. The van der Waals surface area contributed by atoms with Gasteiger partial charge in [-0.15, -0.1) is 6.42 Å². The van der Waals surface area contributed by atoms with Crippen LogP contribution in [0.4, 0.5) is 5.82 Å². The molecule has 2 bridgehead atoms. The van der Waals surface area contributed by atoms with Crippen molar-refractivity contribution in [2.24, 2.45) is 0 Å². The molecule has 3 aliphatic rings. The van der Waals surface area contributed by atoms with Gasteiger partial charge in [-0.1, -0.05) is 55.3 Å². The highest BCUT2D eigenvalue weighted by Crippen LogP contribution is 2.26. The third kappa shape index (κ3) is 5.77. The number of likely N-dealkylation sites (N-methyl/N-ethyl adjacent to an activating group) is 1. The lowest BCUT2D eigenvalue weighted by Crippen LogP contribution is -2.46. The molecule has 2 aromatic carbocycles. The van der Waals surface area contributed by atoms with Crippen LogP contribution in [-0.2, 0) is 9.59 Å². The summed E-state index contributed by atoms with van der Waals surface area (Å²) in [6.45, 7) is 7.53. The molecular formula is C26H25N3O5. The second-order valence-corrected chi connectivity index (χ2v) is 7.64. The lowest BCUT2D eigenvalue weighted by molar-refractivity contribution is -0.159. The van der Waals surface area contributed by atoms with Crippen molar-refractivity contribution in [2.45, 2.75) is 6.92 Å². The monoisotopic (exact) mass is 459 g/mol. The van der Waals surface area contributed by atoms with Crippen molar-refractivity contribution in [3.8, 4) is 12.3 Å². The number of pyridine rings is 1. The lowest BCUT2D eigenvalue weighted by atomic mass is 9.92. The molecule has 0 atom stereocenters. The van der Waals surface area contributed by atoms with Crippen LogP contribution in [0, 0.1) is 12.3 Å². The van der Waals surface area contributed by atoms with E-state index in [2.05, 4.69) is 45.8 Å². The summed E-state index contributed by atoms with van der Waals surface area (Å²) in [5.74, 6) is 0.258. The van der Waals surface area contributed by atoms with Gasteiger partial charge in [-0.25, -0.2) is 14.6 Å². The van der Waals surface area contributed by atoms with E-state index in [1.165, 1.54) is 10.8 Å². The van der Waals surface area contributed by atoms with E-state index >= 15 is 0 Å². The fraction of sp³-hybridized carbons (Fsp3) is 0.231. The topological polar surface area (TPSA) is 111 Å². The Balaban J connectivity index is 0.000000189. The molecule has 2 N–H and O–H groups in total. The zero-order valence-electron chi connectivity index (χ0n) is 18.8. The number of carbonyl (C=O) groups is 3. The number of hydrogen-bond acceptors (Lipinski definition) is 6. The highest BCUT2D eigenvalue weighted by molar-refractivity contribution is 6.27. The minimum absolute atomic E-state index is 0.201. The van der Waals surface area contributed by atoms with Crippen molar-refractivity contribution in [1.29, 1.82) is 0 Å². The van der Waals surface area contributed by atoms with Gasteiger partial charge in [0.15, 0.2) is 5.78 Å². The largest absolute Gasteiger partial charge is 0.473 e. The van der Waals surface area contributed by atoms with Crippen molar-refractivity contribution >= 4 is 34.3 Å². The zero-order valence-corrected chi connectivity index (χ0v) is 18.8. The molecule has 0 spiro atoms. The van der Waals surface area contributed by atoms with Crippen molar-refractivity contribution in [3.05, 3.63) is 71.4 Å². The van der Waals surface area contributed by atoms with Gasteiger partial charge in [0.2, 0.25) is 0 Å². The third-order valence-corrected chi connectivity index (χ3v) is 5.56. The Labute approximate surface area is 197 Å². The van der Waals surface area contributed by atoms with Gasteiger partial charge in [-0.05, 0) is 24.1 Å². The summed E-state index contributed by atoms with van der Waals surface area (Å²) in [4.78, 5) is 38.3. The van der Waals surface area contributed by atoms with Gasteiger partial charge in [0.25, 0.3) is 0 Å². The van der Waals surface area contributed by atoms with Crippen molar-refractivity contribution in [3.63, 3.8) is 0 Å². The average Bonchev–Trinajstić information content (AvgIpc) is 2.88. The first kappa shape index (κ1) is 24.4. The third-order valence-electron chi connectivity index (χ3n) is 5.56. The molecule has 174 valence electrons. The fourth-order valence-electron chi connectivity index (χ4n) is 3.66. The maximum Gasteiger partial charge on any atom is 0.414 e. The Bertz CT molecular complexity index is 1220. The van der Waals surface area contributed by atoms with E-state index < -0.39 is 11.9 Å². The minimum atomic E-state index is -1.82. The normalized spacial score (nSPS) is 14.0. The van der Waals surface area contributed by atoms with Crippen LogP contribution < -0.4 is 4.90 Å². The molecule has 6 rings (SSSR count). The number of ketones is 1. The highest BCUT2D eigenvalue weighted by atomic mass is 16.4. The summed E-state index contributed by atoms with van der Waals surface area (Å²) in [5.41, 5.74) is 2.42. The van der Waals surface area contributed by atoms with Gasteiger partial charge in [0, 0.05) is 42.7 Å². The zero-order chi connectivity index (χ0) is 24.7. The van der Waals surface area contributed by atoms with E-state index in [1.807, 2.05) is 36.4 Å². The Morgan fingerprint density at radius 3 is 2.06 bits per heavy atom. The van der Waals surface area contributed by atoms with Crippen LogP contribution >= 0.6 is 0 Å². The molecule has 0 amide bonds. The highest BCUT2D eigenvalue weighted by Gasteiger charge is 2.19. The molecule has 8 nitrogen and oxygen atoms in total. The quantitative estimate of drug-likeness (QED) is 0.348. The molecule has 2 aliphatic carbocycles. The van der Waals surface area contributed by atoms with Crippen LogP contribution in [0.15, 0.2) is 54.6 Å². The standard InChI is InChI=1S/C17H19N3.C7H4O.C2H2O4/c1-3-15-13-14-7-5-6-8-16(14)17(18-15)20-11-9-19(4-2)10-12-20;8-7-5-2-1-3-6(7)4-5;3-1(4)2(5)6/h1,5-8,13H,4,9-12H2,2H3;1-4H;(H,3,4)(H,5,6).